The van der Waals surface area contributed by atoms with Crippen LogP contribution in [0.5, 0.6) is 11.5 Å². The van der Waals surface area contributed by atoms with Crippen LogP contribution in [0.15, 0.2) is 122 Å². The van der Waals surface area contributed by atoms with Gasteiger partial charge in [0.2, 0.25) is 20.0 Å². The van der Waals surface area contributed by atoms with Gasteiger partial charge in [-0.25, -0.2) is 36.4 Å². The Balaban J connectivity index is 0.000000216. The molecular weight excluding hydrogens is 1150 g/mol. The molecule has 0 spiro atoms. The van der Waals surface area contributed by atoms with Crippen LogP contribution in [-0.2, 0) is 20.0 Å². The minimum atomic E-state index is -3.38. The number of nitrogens with zero attached hydrogens (tertiary/aromatic N) is 8. The highest BCUT2D eigenvalue weighted by atomic mass is 79.9. The van der Waals surface area contributed by atoms with Gasteiger partial charge in [0.15, 0.2) is 0 Å². The number of halogens is 3. The summed E-state index contributed by atoms with van der Waals surface area (Å²) in [6.07, 6.45) is 11.9. The van der Waals surface area contributed by atoms with Crippen LogP contribution in [0.1, 0.15) is 25.7 Å². The fraction of sp³-hybridized carbons (Fsp3) is 0.319. The molecule has 0 saturated carbocycles. The second-order valence-electron chi connectivity index (χ2n) is 16.9. The van der Waals surface area contributed by atoms with Crippen molar-refractivity contribution in [3.8, 4) is 34.0 Å². The Bertz CT molecular complexity index is 2950. The molecule has 4 heterocycles. The van der Waals surface area contributed by atoms with E-state index in [1.165, 1.54) is 21.8 Å². The summed E-state index contributed by atoms with van der Waals surface area (Å²) in [6, 6.07) is 28.9. The summed E-state index contributed by atoms with van der Waals surface area (Å²) in [5.74, 6) is 1.08. The van der Waals surface area contributed by atoms with Crippen molar-refractivity contribution in [3.63, 3.8) is 0 Å². The van der Waals surface area contributed by atoms with Gasteiger partial charge in [0.05, 0.1) is 31.0 Å². The molecule has 4 aromatic carbocycles. The third-order valence-corrected chi connectivity index (χ3v) is 13.0. The predicted octanol–water partition coefficient (Wildman–Crippen LogP) is 8.85. The van der Waals surface area contributed by atoms with E-state index in [1.54, 1.807) is 84.9 Å². The normalized spacial score (nSPS) is 14.3. The first-order chi connectivity index (χ1) is 33.7. The summed E-state index contributed by atoms with van der Waals surface area (Å²) in [5.41, 5.74) is 5.70. The van der Waals surface area contributed by atoms with Crippen molar-refractivity contribution in [1.29, 1.82) is 0 Å². The maximum absolute atomic E-state index is 13.1. The number of rotatable bonds is 11. The van der Waals surface area contributed by atoms with Crippen molar-refractivity contribution >= 4 is 105 Å². The summed E-state index contributed by atoms with van der Waals surface area (Å²) in [4.78, 5) is 42.9. The van der Waals surface area contributed by atoms with Crippen LogP contribution >= 0.6 is 47.3 Å². The van der Waals surface area contributed by atoms with Gasteiger partial charge in [0.25, 0.3) is 0 Å². The van der Waals surface area contributed by atoms with Gasteiger partial charge in [-0.15, -0.1) is 47.3 Å². The zero-order valence-electron chi connectivity index (χ0n) is 39.8. The average Bonchev–Trinajstić information content (AvgIpc) is 4.05. The van der Waals surface area contributed by atoms with Crippen molar-refractivity contribution in [2.24, 2.45) is 0 Å². The molecule has 0 radical (unpaired) electrons. The average molecular weight is 1200 g/mol. The molecular formula is C47H56BBr3N10O8S2. The molecule has 0 aliphatic carbocycles. The maximum atomic E-state index is 13.1. The quantitative estimate of drug-likeness (QED) is 0.104. The summed E-state index contributed by atoms with van der Waals surface area (Å²) in [5, 5.41) is 9.47. The van der Waals surface area contributed by atoms with E-state index in [0.29, 0.717) is 28.3 Å². The number of piperidine rings is 2. The van der Waals surface area contributed by atoms with E-state index < -0.39 is 20.0 Å². The Morgan fingerprint density at radius 2 is 1.01 bits per heavy atom. The second-order valence-corrected chi connectivity index (χ2v) is 26.9. The predicted molar refractivity (Wildman–Crippen MR) is 293 cm³/mol. The number of aromatic nitrogens is 4. The molecule has 6 aromatic rings. The molecule has 2 aromatic heterocycles. The number of hydrogen-bond acceptors (Lipinski definition) is 12. The van der Waals surface area contributed by atoms with Crippen LogP contribution in [0, 0.1) is 0 Å². The number of benzene rings is 4. The van der Waals surface area contributed by atoms with Crippen LogP contribution in [0.25, 0.3) is 22.5 Å². The van der Waals surface area contributed by atoms with E-state index in [1.807, 2.05) is 43.4 Å². The van der Waals surface area contributed by atoms with Crippen LogP contribution in [0.3, 0.4) is 0 Å². The highest BCUT2D eigenvalue weighted by Crippen LogP contribution is 2.28. The van der Waals surface area contributed by atoms with Gasteiger partial charge >= 0.3 is 15.2 Å². The molecule has 0 bridgehead atoms. The van der Waals surface area contributed by atoms with Gasteiger partial charge in [-0.3, -0.25) is 18.6 Å². The lowest BCUT2D eigenvalue weighted by atomic mass is 10.0. The summed E-state index contributed by atoms with van der Waals surface area (Å²) in [6.45, 7) is 3.37. The number of imidazole rings is 2. The van der Waals surface area contributed by atoms with Gasteiger partial charge in [-0.2, -0.15) is 0 Å². The third kappa shape index (κ3) is 16.2. The molecule has 24 heteroatoms. The van der Waals surface area contributed by atoms with Crippen LogP contribution in [-0.4, -0.2) is 138 Å². The highest BCUT2D eigenvalue weighted by Gasteiger charge is 2.28. The lowest BCUT2D eigenvalue weighted by Crippen LogP contribution is -2.46. The van der Waals surface area contributed by atoms with E-state index in [4.69, 9.17) is 4.74 Å². The zero-order chi connectivity index (χ0) is 51.5. The first-order valence-electron chi connectivity index (χ1n) is 22.3. The Morgan fingerprint density at radius 1 is 0.648 bits per heavy atom. The lowest BCUT2D eigenvalue weighted by Gasteiger charge is -2.37. The second kappa shape index (κ2) is 24.7. The highest BCUT2D eigenvalue weighted by molar-refractivity contribution is 9.69. The Kier molecular flexibility index (Phi) is 19.1. The molecule has 2 aliphatic rings. The number of hydrogen-bond donors (Lipinski definition) is 3. The topological polar surface area (TPSA) is 205 Å². The SMILES string of the molecule is BrB(Br)Br.CN(C(=O)n1cnc(-c2cccc(NS(C)(=O)=O)c2)c1)C1CCN(c2ccc(O)cc2)CC1.COc1ccc(N2CCC(N(C)C(=O)n3cnc(-c4cccc(NS(C)(=O)=O)c4)c3)CC2)cc1. The van der Waals surface area contributed by atoms with E-state index >= 15 is 0 Å². The number of nitrogens with one attached hydrogen (secondary N) is 2. The molecule has 2 amide bonds. The van der Waals surface area contributed by atoms with Gasteiger partial charge in [-0.05, 0) is 98.5 Å². The molecule has 3 N–H and O–H groups in total. The molecule has 2 aliphatic heterocycles. The number of methoxy groups -OCH3 is 1. The first kappa shape index (κ1) is 54.8. The van der Waals surface area contributed by atoms with E-state index in [2.05, 4.69) is 88.6 Å². The molecule has 0 atom stereocenters. The summed E-state index contributed by atoms with van der Waals surface area (Å²) >= 11 is 9.31. The fourth-order valence-corrected chi connectivity index (χ4v) is 9.33. The number of anilines is 4. The smallest absolute Gasteiger partial charge is 0.369 e. The maximum Gasteiger partial charge on any atom is 0.369 e. The molecule has 2 fully saturated rings. The van der Waals surface area contributed by atoms with Gasteiger partial charge in [0.1, 0.15) is 24.2 Å². The van der Waals surface area contributed by atoms with Crippen LogP contribution in [0.4, 0.5) is 32.3 Å². The minimum absolute atomic E-state index is 0.110. The Hall–Kier alpha value is -5.56. The standard InChI is InChI=1S/C24H29N5O4S.C23H27N5O4S.BBr3/c1-27(20-11-13-28(14-12-20)21-7-9-22(33-2)10-8-21)24(30)29-16-23(25-17-29)18-5-4-6-19(15-18)26-34(3,31)32;1-26(19-10-12-27(13-11-19)20-6-8-21(29)9-7-20)23(30)28-15-22(24-16-28)17-4-3-5-18(14-17)25-33(2,31)32;2-1(3)4/h4-10,15-17,20,26H,11-14H2,1-3H3;3-9,14-16,19,25,29H,10-13H2,1-2H3;. The lowest BCUT2D eigenvalue weighted by molar-refractivity contribution is 0.181. The van der Waals surface area contributed by atoms with E-state index in [0.717, 1.165) is 87.1 Å². The minimum Gasteiger partial charge on any atom is -0.508 e. The number of amides is 2. The fourth-order valence-electron chi connectivity index (χ4n) is 8.22. The number of carbonyl (C=O) groups is 2. The number of phenols is 1. The van der Waals surface area contributed by atoms with Gasteiger partial charge in [-0.1, -0.05) is 24.3 Å². The Labute approximate surface area is 440 Å². The van der Waals surface area contributed by atoms with Crippen molar-refractivity contribution < 1.29 is 36.3 Å². The van der Waals surface area contributed by atoms with Crippen LogP contribution in [0.2, 0.25) is 0 Å². The summed E-state index contributed by atoms with van der Waals surface area (Å²) < 4.78 is 59.3. The van der Waals surface area contributed by atoms with Crippen molar-refractivity contribution in [3.05, 3.63) is 122 Å². The van der Waals surface area contributed by atoms with Crippen LogP contribution < -0.4 is 24.0 Å². The summed E-state index contributed by atoms with van der Waals surface area (Å²) in [7, 11) is -1.47. The van der Waals surface area contributed by atoms with Gasteiger partial charge < -0.3 is 29.4 Å². The Morgan fingerprint density at radius 3 is 1.37 bits per heavy atom. The molecule has 0 unspecified atom stereocenters. The van der Waals surface area contributed by atoms with Crippen molar-refractivity contribution in [2.45, 2.75) is 37.8 Å². The number of ether oxygens (including phenoxy) is 1. The molecule has 8 rings (SSSR count). The van der Waals surface area contributed by atoms with E-state index in [-0.39, 0.29) is 33.1 Å². The van der Waals surface area contributed by atoms with Gasteiger partial charge in [0, 0.05) is 98.6 Å². The third-order valence-electron chi connectivity index (χ3n) is 11.8. The monoisotopic (exact) mass is 1200 g/mol. The largest absolute Gasteiger partial charge is 0.508 e. The molecule has 18 nitrogen and oxygen atoms in total. The molecule has 71 heavy (non-hydrogen) atoms. The molecule has 2 saturated heterocycles. The zero-order valence-corrected chi connectivity index (χ0v) is 46.2. The first-order valence-corrected chi connectivity index (χ1v) is 28.8. The van der Waals surface area contributed by atoms with Crippen molar-refractivity contribution in [1.82, 2.24) is 28.9 Å². The van der Waals surface area contributed by atoms with E-state index in [9.17, 15) is 31.5 Å². The number of phenolic OH excluding ortho intramolecular Hbond substituents is 1. The van der Waals surface area contributed by atoms with Crippen molar-refractivity contribution in [2.75, 3.05) is 79.1 Å². The number of aromatic hydroxyl groups is 1. The number of sulfonamides is 2. The number of carbonyl (C=O) groups excluding carboxylic acids is 2. The molecule has 378 valence electrons.